The molecule has 3 aromatic heterocycles. The van der Waals surface area contributed by atoms with Crippen molar-refractivity contribution in [1.82, 2.24) is 24.9 Å². The van der Waals surface area contributed by atoms with Crippen LogP contribution in [0, 0.1) is 5.82 Å². The molecule has 1 atom stereocenters. The van der Waals surface area contributed by atoms with Crippen molar-refractivity contribution in [2.75, 3.05) is 5.32 Å². The number of rotatable bonds is 7. The molecule has 0 aliphatic heterocycles. The molecule has 0 saturated carbocycles. The number of alkyl halides is 3. The first-order chi connectivity index (χ1) is 14.8. The average Bonchev–Trinajstić information content (AvgIpc) is 3.19. The fourth-order valence-corrected chi connectivity index (χ4v) is 3.54. The van der Waals surface area contributed by atoms with Gasteiger partial charge in [-0.2, -0.15) is 13.2 Å². The van der Waals surface area contributed by atoms with Crippen molar-refractivity contribution in [1.29, 1.82) is 0 Å². The van der Waals surface area contributed by atoms with E-state index in [2.05, 4.69) is 30.2 Å². The van der Waals surface area contributed by atoms with E-state index < -0.39 is 18.4 Å². The number of halogens is 4. The Morgan fingerprint density at radius 2 is 1.94 bits per heavy atom. The van der Waals surface area contributed by atoms with Gasteiger partial charge in [-0.15, -0.1) is 0 Å². The van der Waals surface area contributed by atoms with Gasteiger partial charge in [0.1, 0.15) is 17.7 Å². The minimum absolute atomic E-state index is 0.00736. The van der Waals surface area contributed by atoms with Gasteiger partial charge >= 0.3 is 6.18 Å². The lowest BCUT2D eigenvalue weighted by Gasteiger charge is -2.19. The van der Waals surface area contributed by atoms with Crippen molar-refractivity contribution in [3.05, 3.63) is 54.0 Å². The minimum atomic E-state index is -4.18. The van der Waals surface area contributed by atoms with Crippen LogP contribution in [0.2, 0.25) is 0 Å². The molecular formula is C21H20F4N6. The number of hydrogen-bond acceptors (Lipinski definition) is 5. The Kier molecular flexibility index (Phi) is 5.71. The first kappa shape index (κ1) is 21.0. The molecule has 1 unspecified atom stereocenters. The number of H-pyrrole nitrogens is 1. The number of aryl methyl sites for hydroxylation is 1. The zero-order valence-corrected chi connectivity index (χ0v) is 16.7. The third kappa shape index (κ3) is 4.89. The van der Waals surface area contributed by atoms with Crippen molar-refractivity contribution in [3.8, 4) is 0 Å². The number of unbranched alkanes of at least 4 members (excludes halogenated alkanes) is 1. The van der Waals surface area contributed by atoms with E-state index in [1.165, 1.54) is 24.8 Å². The highest BCUT2D eigenvalue weighted by Gasteiger charge is 2.26. The molecule has 6 nitrogen and oxygen atoms in total. The van der Waals surface area contributed by atoms with Gasteiger partial charge in [0.2, 0.25) is 0 Å². The van der Waals surface area contributed by atoms with E-state index >= 15 is 0 Å². The first-order valence-corrected chi connectivity index (χ1v) is 9.86. The molecule has 10 heteroatoms. The maximum atomic E-state index is 13.7. The number of aromatic nitrogens is 5. The number of nitrogens with zero attached hydrogens (tertiary/aromatic N) is 4. The van der Waals surface area contributed by atoms with E-state index in [9.17, 15) is 17.6 Å². The van der Waals surface area contributed by atoms with Gasteiger partial charge in [-0.25, -0.2) is 19.3 Å². The van der Waals surface area contributed by atoms with Crippen molar-refractivity contribution in [3.63, 3.8) is 0 Å². The highest BCUT2D eigenvalue weighted by molar-refractivity contribution is 5.83. The molecule has 0 aliphatic rings. The van der Waals surface area contributed by atoms with Crippen LogP contribution in [0.4, 0.5) is 23.4 Å². The standard InChI is InChI=1S/C21H20F4N6/c1-12(30-20-18-19(27-10-26-18)28-11-29-20)15-8-13-5-6-14(22)9-17(13)31-16(15)4-2-3-7-21(23,24)25/h5-6,8-12H,2-4,7H2,1H3,(H2,26,27,28,29,30). The van der Waals surface area contributed by atoms with E-state index in [0.717, 1.165) is 10.9 Å². The summed E-state index contributed by atoms with van der Waals surface area (Å²) in [6.07, 6.45) is -1.40. The molecule has 0 amide bonds. The topological polar surface area (TPSA) is 79.4 Å². The van der Waals surface area contributed by atoms with Gasteiger partial charge < -0.3 is 10.3 Å². The minimum Gasteiger partial charge on any atom is -0.362 e. The third-order valence-corrected chi connectivity index (χ3v) is 5.05. The number of hydrogen-bond donors (Lipinski definition) is 2. The maximum Gasteiger partial charge on any atom is 0.389 e. The Labute approximate surface area is 175 Å². The van der Waals surface area contributed by atoms with Crippen LogP contribution in [0.1, 0.15) is 43.5 Å². The van der Waals surface area contributed by atoms with Crippen LogP contribution < -0.4 is 5.32 Å². The summed E-state index contributed by atoms with van der Waals surface area (Å²) < 4.78 is 51.2. The van der Waals surface area contributed by atoms with Crippen LogP contribution in [-0.4, -0.2) is 31.1 Å². The molecule has 162 valence electrons. The van der Waals surface area contributed by atoms with Gasteiger partial charge in [0, 0.05) is 23.6 Å². The molecule has 3 heterocycles. The SMILES string of the molecule is CC(Nc1ncnc2[nH]cnc12)c1cc2ccc(F)cc2nc1CCCCC(F)(F)F. The Bertz CT molecular complexity index is 1200. The normalized spacial score (nSPS) is 13.1. The number of pyridine rings is 1. The van der Waals surface area contributed by atoms with Crippen LogP contribution in [0.5, 0.6) is 0 Å². The summed E-state index contributed by atoms with van der Waals surface area (Å²) in [5.74, 6) is 0.116. The third-order valence-electron chi connectivity index (χ3n) is 5.05. The summed E-state index contributed by atoms with van der Waals surface area (Å²) >= 11 is 0. The van der Waals surface area contributed by atoms with E-state index in [1.54, 1.807) is 6.07 Å². The van der Waals surface area contributed by atoms with E-state index in [-0.39, 0.29) is 12.5 Å². The summed E-state index contributed by atoms with van der Waals surface area (Å²) in [6, 6.07) is 5.94. The molecule has 31 heavy (non-hydrogen) atoms. The Morgan fingerprint density at radius 3 is 2.74 bits per heavy atom. The summed E-state index contributed by atoms with van der Waals surface area (Å²) in [5, 5.41) is 4.04. The van der Waals surface area contributed by atoms with Gasteiger partial charge in [-0.3, -0.25) is 4.98 Å². The largest absolute Gasteiger partial charge is 0.389 e. The average molecular weight is 432 g/mol. The molecule has 1 aromatic carbocycles. The summed E-state index contributed by atoms with van der Waals surface area (Å²) in [7, 11) is 0. The Hall–Kier alpha value is -3.30. The quantitative estimate of drug-likeness (QED) is 0.298. The number of aromatic amines is 1. The maximum absolute atomic E-state index is 13.7. The summed E-state index contributed by atoms with van der Waals surface area (Å²) in [4.78, 5) is 20.1. The second kappa shape index (κ2) is 8.44. The number of imidazole rings is 1. The molecule has 0 bridgehead atoms. The van der Waals surface area contributed by atoms with Gasteiger partial charge in [0.05, 0.1) is 17.9 Å². The van der Waals surface area contributed by atoms with Crippen molar-refractivity contribution < 1.29 is 17.6 Å². The first-order valence-electron chi connectivity index (χ1n) is 9.86. The number of benzene rings is 1. The molecule has 4 rings (SSSR count). The molecule has 4 aromatic rings. The molecule has 0 aliphatic carbocycles. The lowest BCUT2D eigenvalue weighted by Crippen LogP contribution is -2.13. The highest BCUT2D eigenvalue weighted by Crippen LogP contribution is 2.29. The Balaban J connectivity index is 1.63. The molecule has 0 spiro atoms. The van der Waals surface area contributed by atoms with Gasteiger partial charge in [0.25, 0.3) is 0 Å². The zero-order chi connectivity index (χ0) is 22.0. The van der Waals surface area contributed by atoms with Crippen LogP contribution in [0.25, 0.3) is 22.1 Å². The van der Waals surface area contributed by atoms with Crippen molar-refractivity contribution in [2.24, 2.45) is 0 Å². The molecule has 2 N–H and O–H groups in total. The summed E-state index contributed by atoms with van der Waals surface area (Å²) in [6.45, 7) is 1.91. The second-order valence-electron chi connectivity index (χ2n) is 7.37. The van der Waals surface area contributed by atoms with Crippen molar-refractivity contribution >= 4 is 27.9 Å². The van der Waals surface area contributed by atoms with E-state index in [4.69, 9.17) is 0 Å². The molecule has 0 saturated heterocycles. The van der Waals surface area contributed by atoms with E-state index in [0.29, 0.717) is 41.0 Å². The summed E-state index contributed by atoms with van der Waals surface area (Å²) in [5.41, 5.74) is 3.08. The zero-order valence-electron chi connectivity index (χ0n) is 16.7. The molecule has 0 radical (unpaired) electrons. The predicted octanol–water partition coefficient (Wildman–Crippen LogP) is 5.49. The number of fused-ring (bicyclic) bond motifs is 2. The fraction of sp³-hybridized carbons (Fsp3) is 0.333. The smallest absolute Gasteiger partial charge is 0.362 e. The second-order valence-corrected chi connectivity index (χ2v) is 7.37. The van der Waals surface area contributed by atoms with Gasteiger partial charge in [0.15, 0.2) is 11.5 Å². The molecular weight excluding hydrogens is 412 g/mol. The van der Waals surface area contributed by atoms with Crippen LogP contribution >= 0.6 is 0 Å². The van der Waals surface area contributed by atoms with Gasteiger partial charge in [-0.05, 0) is 49.9 Å². The number of nitrogens with one attached hydrogen (secondary N) is 2. The fourth-order valence-electron chi connectivity index (χ4n) is 3.54. The lowest BCUT2D eigenvalue weighted by molar-refractivity contribution is -0.135. The van der Waals surface area contributed by atoms with Crippen LogP contribution in [-0.2, 0) is 6.42 Å². The van der Waals surface area contributed by atoms with E-state index in [1.807, 2.05) is 13.0 Å². The molecule has 0 fully saturated rings. The van der Waals surface area contributed by atoms with Crippen LogP contribution in [0.15, 0.2) is 36.9 Å². The van der Waals surface area contributed by atoms with Crippen molar-refractivity contribution in [2.45, 2.75) is 44.8 Å². The predicted molar refractivity (Wildman–Crippen MR) is 109 cm³/mol. The monoisotopic (exact) mass is 432 g/mol. The number of anilines is 1. The Morgan fingerprint density at radius 1 is 1.10 bits per heavy atom. The van der Waals surface area contributed by atoms with Gasteiger partial charge in [-0.1, -0.05) is 0 Å². The highest BCUT2D eigenvalue weighted by atomic mass is 19.4. The van der Waals surface area contributed by atoms with Crippen LogP contribution in [0.3, 0.4) is 0 Å². The lowest BCUT2D eigenvalue weighted by atomic mass is 9.99.